The molecule has 2 amide bonds. The Balaban J connectivity index is 1.55. The minimum absolute atomic E-state index is 0.204. The molecule has 2 aromatic carbocycles. The maximum atomic E-state index is 12.7. The third kappa shape index (κ3) is 5.41. The Kier molecular flexibility index (Phi) is 6.66. The second kappa shape index (κ2) is 9.02. The molecule has 1 aliphatic rings. The summed E-state index contributed by atoms with van der Waals surface area (Å²) < 4.78 is 33.2. The first-order valence-corrected chi connectivity index (χ1v) is 11.1. The third-order valence-electron chi connectivity index (χ3n) is 4.87. The van der Waals surface area contributed by atoms with E-state index in [0.29, 0.717) is 48.0 Å². The summed E-state index contributed by atoms with van der Waals surface area (Å²) in [6, 6.07) is 11.4. The number of methoxy groups -OCH3 is 1. The summed E-state index contributed by atoms with van der Waals surface area (Å²) in [6.07, 6.45) is 1.09. The first-order valence-electron chi connectivity index (χ1n) is 9.27. The number of likely N-dealkylation sites (tertiary alicyclic amines) is 1. The van der Waals surface area contributed by atoms with E-state index < -0.39 is 10.0 Å². The Morgan fingerprint density at radius 1 is 1.14 bits per heavy atom. The number of nitrogens with zero attached hydrogens (tertiary/aromatic N) is 1. The van der Waals surface area contributed by atoms with E-state index >= 15 is 0 Å². The molecular formula is C20H24ClN3O4S. The molecule has 0 atom stereocenters. The Morgan fingerprint density at radius 3 is 2.38 bits per heavy atom. The standard InChI is InChI=1S/C20H24ClN3O4S/c1-14-13-15(21)3-8-19(14)29(26,27)23-17-9-11-24(12-10-17)20(25)22-16-4-6-18(28-2)7-5-16/h3-8,13,17,23H,9-12H2,1-2H3,(H,22,25). The summed E-state index contributed by atoms with van der Waals surface area (Å²) >= 11 is 5.91. The minimum atomic E-state index is -3.64. The fraction of sp³-hybridized carbons (Fsp3) is 0.350. The Morgan fingerprint density at radius 2 is 1.79 bits per heavy atom. The van der Waals surface area contributed by atoms with Gasteiger partial charge in [-0.25, -0.2) is 17.9 Å². The first-order chi connectivity index (χ1) is 13.8. The van der Waals surface area contributed by atoms with Crippen LogP contribution < -0.4 is 14.8 Å². The lowest BCUT2D eigenvalue weighted by Gasteiger charge is -2.32. The predicted octanol–water partition coefficient (Wildman–Crippen LogP) is 3.63. The van der Waals surface area contributed by atoms with Gasteiger partial charge >= 0.3 is 6.03 Å². The van der Waals surface area contributed by atoms with E-state index in [4.69, 9.17) is 16.3 Å². The number of aryl methyl sites for hydroxylation is 1. The van der Waals surface area contributed by atoms with Crippen molar-refractivity contribution >= 4 is 33.3 Å². The topological polar surface area (TPSA) is 87.7 Å². The normalized spacial score (nSPS) is 15.2. The van der Waals surface area contributed by atoms with Crippen molar-refractivity contribution in [1.82, 2.24) is 9.62 Å². The average Bonchev–Trinajstić information content (AvgIpc) is 2.68. The number of halogens is 1. The second-order valence-electron chi connectivity index (χ2n) is 6.95. The van der Waals surface area contributed by atoms with Gasteiger partial charge in [0.15, 0.2) is 0 Å². The zero-order chi connectivity index (χ0) is 21.0. The summed E-state index contributed by atoms with van der Waals surface area (Å²) in [5.74, 6) is 0.715. The van der Waals surface area contributed by atoms with E-state index in [1.807, 2.05) is 0 Å². The predicted molar refractivity (Wildman–Crippen MR) is 113 cm³/mol. The van der Waals surface area contributed by atoms with Gasteiger partial charge in [0.05, 0.1) is 12.0 Å². The highest BCUT2D eigenvalue weighted by molar-refractivity contribution is 7.89. The number of hydrogen-bond acceptors (Lipinski definition) is 4. The quantitative estimate of drug-likeness (QED) is 0.747. The molecule has 2 aromatic rings. The van der Waals surface area contributed by atoms with Crippen LogP contribution >= 0.6 is 11.6 Å². The zero-order valence-corrected chi connectivity index (χ0v) is 17.9. The van der Waals surface area contributed by atoms with Crippen LogP contribution in [0.15, 0.2) is 47.4 Å². The number of anilines is 1. The van der Waals surface area contributed by atoms with Gasteiger partial charge in [0.1, 0.15) is 5.75 Å². The number of sulfonamides is 1. The van der Waals surface area contributed by atoms with Gasteiger partial charge in [0.2, 0.25) is 10.0 Å². The molecule has 0 saturated carbocycles. The van der Waals surface area contributed by atoms with Crippen LogP contribution in [0.3, 0.4) is 0 Å². The first kappa shape index (κ1) is 21.4. The molecule has 1 heterocycles. The largest absolute Gasteiger partial charge is 0.497 e. The summed E-state index contributed by atoms with van der Waals surface area (Å²) in [5.41, 5.74) is 1.28. The number of benzene rings is 2. The number of ether oxygens (including phenoxy) is 1. The molecule has 0 spiro atoms. The van der Waals surface area contributed by atoms with Crippen LogP contribution in [0.1, 0.15) is 18.4 Å². The van der Waals surface area contributed by atoms with E-state index in [-0.39, 0.29) is 17.0 Å². The number of piperidine rings is 1. The number of urea groups is 1. The molecule has 1 aliphatic heterocycles. The molecule has 0 aromatic heterocycles. The zero-order valence-electron chi connectivity index (χ0n) is 16.3. The maximum absolute atomic E-state index is 12.7. The maximum Gasteiger partial charge on any atom is 0.321 e. The lowest BCUT2D eigenvalue weighted by atomic mass is 10.1. The van der Waals surface area contributed by atoms with Crippen molar-refractivity contribution < 1.29 is 17.9 Å². The highest BCUT2D eigenvalue weighted by Gasteiger charge is 2.27. The van der Waals surface area contributed by atoms with Crippen molar-refractivity contribution in [2.45, 2.75) is 30.7 Å². The molecule has 0 aliphatic carbocycles. The van der Waals surface area contributed by atoms with E-state index in [9.17, 15) is 13.2 Å². The number of rotatable bonds is 5. The fourth-order valence-electron chi connectivity index (χ4n) is 3.27. The molecule has 0 bridgehead atoms. The van der Waals surface area contributed by atoms with Gasteiger partial charge < -0.3 is 15.0 Å². The minimum Gasteiger partial charge on any atom is -0.497 e. The molecule has 1 saturated heterocycles. The van der Waals surface area contributed by atoms with Crippen molar-refractivity contribution in [3.8, 4) is 5.75 Å². The molecule has 0 unspecified atom stereocenters. The van der Waals surface area contributed by atoms with Crippen molar-refractivity contribution in [3.05, 3.63) is 53.1 Å². The highest BCUT2D eigenvalue weighted by Crippen LogP contribution is 2.22. The van der Waals surface area contributed by atoms with Gasteiger partial charge in [-0.05, 0) is 67.8 Å². The second-order valence-corrected chi connectivity index (χ2v) is 9.07. The van der Waals surface area contributed by atoms with Crippen molar-refractivity contribution in [2.24, 2.45) is 0 Å². The van der Waals surface area contributed by atoms with Gasteiger partial charge in [-0.3, -0.25) is 0 Å². The molecule has 2 N–H and O–H groups in total. The Bertz CT molecular complexity index is 972. The number of hydrogen-bond donors (Lipinski definition) is 2. The number of amides is 2. The van der Waals surface area contributed by atoms with Crippen LogP contribution in [0.4, 0.5) is 10.5 Å². The van der Waals surface area contributed by atoms with E-state index in [1.54, 1.807) is 55.3 Å². The van der Waals surface area contributed by atoms with Crippen molar-refractivity contribution in [3.63, 3.8) is 0 Å². The molecule has 0 radical (unpaired) electrons. The van der Waals surface area contributed by atoms with Gasteiger partial charge in [-0.1, -0.05) is 11.6 Å². The van der Waals surface area contributed by atoms with Crippen molar-refractivity contribution in [2.75, 3.05) is 25.5 Å². The molecular weight excluding hydrogens is 414 g/mol. The van der Waals surface area contributed by atoms with E-state index in [2.05, 4.69) is 10.0 Å². The summed E-state index contributed by atoms with van der Waals surface area (Å²) in [6.45, 7) is 2.65. The molecule has 7 nitrogen and oxygen atoms in total. The number of carbonyl (C=O) groups excluding carboxylic acids is 1. The highest BCUT2D eigenvalue weighted by atomic mass is 35.5. The molecule has 3 rings (SSSR count). The van der Waals surface area contributed by atoms with Gasteiger partial charge in [-0.2, -0.15) is 0 Å². The van der Waals surface area contributed by atoms with Gasteiger partial charge in [-0.15, -0.1) is 0 Å². The van der Waals surface area contributed by atoms with E-state index in [1.165, 1.54) is 6.07 Å². The average molecular weight is 438 g/mol. The summed E-state index contributed by atoms with van der Waals surface area (Å²) in [5, 5.41) is 3.34. The molecule has 156 valence electrons. The van der Waals surface area contributed by atoms with Crippen LogP contribution in [-0.4, -0.2) is 45.6 Å². The number of carbonyl (C=O) groups is 1. The molecule has 1 fully saturated rings. The Hall–Kier alpha value is -2.29. The van der Waals surface area contributed by atoms with Gasteiger partial charge in [0.25, 0.3) is 0 Å². The Labute approximate surface area is 176 Å². The number of nitrogens with one attached hydrogen (secondary N) is 2. The third-order valence-corrected chi connectivity index (χ3v) is 6.79. The van der Waals surface area contributed by atoms with Crippen LogP contribution in [0.2, 0.25) is 5.02 Å². The summed E-state index contributed by atoms with van der Waals surface area (Å²) in [7, 11) is -2.06. The monoisotopic (exact) mass is 437 g/mol. The molecule has 29 heavy (non-hydrogen) atoms. The van der Waals surface area contributed by atoms with Gasteiger partial charge in [0, 0.05) is 29.8 Å². The van der Waals surface area contributed by atoms with Crippen LogP contribution in [-0.2, 0) is 10.0 Å². The lowest BCUT2D eigenvalue weighted by molar-refractivity contribution is 0.193. The SMILES string of the molecule is COc1ccc(NC(=O)N2CCC(NS(=O)(=O)c3ccc(Cl)cc3C)CC2)cc1. The fourth-order valence-corrected chi connectivity index (χ4v) is 5.03. The summed E-state index contributed by atoms with van der Waals surface area (Å²) in [4.78, 5) is 14.4. The lowest BCUT2D eigenvalue weighted by Crippen LogP contribution is -2.47. The van der Waals surface area contributed by atoms with Crippen LogP contribution in [0, 0.1) is 6.92 Å². The van der Waals surface area contributed by atoms with Crippen LogP contribution in [0.5, 0.6) is 5.75 Å². The van der Waals surface area contributed by atoms with Crippen molar-refractivity contribution in [1.29, 1.82) is 0 Å². The van der Waals surface area contributed by atoms with E-state index in [0.717, 1.165) is 0 Å². The van der Waals surface area contributed by atoms with Crippen LogP contribution in [0.25, 0.3) is 0 Å². The molecule has 9 heteroatoms. The smallest absolute Gasteiger partial charge is 0.321 e.